The molecule has 64 valence electrons. The number of rotatable bonds is 3. The highest BCUT2D eigenvalue weighted by Gasteiger charge is 2.10. The summed E-state index contributed by atoms with van der Waals surface area (Å²) >= 11 is 0. The third-order valence-corrected chi connectivity index (χ3v) is 1.60. The number of hydrogen-bond donors (Lipinski definition) is 1. The predicted molar refractivity (Wildman–Crippen MR) is 41.5 cm³/mol. The fourth-order valence-electron chi connectivity index (χ4n) is 0.772. The lowest BCUT2D eigenvalue weighted by atomic mass is 10.3. The second-order valence-electron chi connectivity index (χ2n) is 2.44. The van der Waals surface area contributed by atoms with Crippen molar-refractivity contribution in [2.75, 3.05) is 0 Å². The van der Waals surface area contributed by atoms with Crippen molar-refractivity contribution in [1.82, 2.24) is 9.55 Å². The molecule has 0 fully saturated rings. The molecule has 5 nitrogen and oxygen atoms in total. The van der Waals surface area contributed by atoms with Gasteiger partial charge in [0.1, 0.15) is 11.7 Å². The van der Waals surface area contributed by atoms with Gasteiger partial charge in [-0.25, -0.2) is 4.98 Å². The molecule has 1 aromatic rings. The van der Waals surface area contributed by atoms with Gasteiger partial charge in [0.05, 0.1) is 6.33 Å². The number of nitrogens with two attached hydrogens (primary N) is 1. The van der Waals surface area contributed by atoms with Gasteiger partial charge in [0.15, 0.2) is 6.29 Å². The standard InChI is InChI=1S/C7H9N3O2/c1-5(7(8)12)10-2-6(3-11)9-4-10/h2-5H,1H3,(H2,8,12). The first kappa shape index (κ1) is 8.45. The van der Waals surface area contributed by atoms with Crippen LogP contribution in [0.15, 0.2) is 12.5 Å². The predicted octanol–water partition coefficient (Wildman–Crippen LogP) is -0.258. The van der Waals surface area contributed by atoms with Crippen molar-refractivity contribution in [3.05, 3.63) is 18.2 Å². The van der Waals surface area contributed by atoms with E-state index in [0.29, 0.717) is 12.0 Å². The van der Waals surface area contributed by atoms with Crippen LogP contribution in [0.5, 0.6) is 0 Å². The van der Waals surface area contributed by atoms with Crippen molar-refractivity contribution in [3.63, 3.8) is 0 Å². The van der Waals surface area contributed by atoms with Crippen molar-refractivity contribution in [2.45, 2.75) is 13.0 Å². The number of carbonyl (C=O) groups excluding carboxylic acids is 2. The lowest BCUT2D eigenvalue weighted by molar-refractivity contribution is -0.120. The summed E-state index contributed by atoms with van der Waals surface area (Å²) in [6, 6.07) is -0.466. The first-order valence-electron chi connectivity index (χ1n) is 3.43. The number of primary amides is 1. The SMILES string of the molecule is CC(C(N)=O)n1cnc(C=O)c1. The molecule has 0 bridgehead atoms. The molecule has 1 atom stereocenters. The monoisotopic (exact) mass is 167 g/mol. The first-order chi connectivity index (χ1) is 5.65. The van der Waals surface area contributed by atoms with Gasteiger partial charge in [-0.3, -0.25) is 9.59 Å². The van der Waals surface area contributed by atoms with Crippen LogP contribution in [0.1, 0.15) is 23.5 Å². The molecule has 0 saturated heterocycles. The Morgan fingerprint density at radius 1 is 1.83 bits per heavy atom. The van der Waals surface area contributed by atoms with Gasteiger partial charge in [-0.1, -0.05) is 0 Å². The molecule has 0 aliphatic carbocycles. The zero-order chi connectivity index (χ0) is 9.14. The van der Waals surface area contributed by atoms with Crippen molar-refractivity contribution >= 4 is 12.2 Å². The third-order valence-electron chi connectivity index (χ3n) is 1.60. The second-order valence-corrected chi connectivity index (χ2v) is 2.44. The van der Waals surface area contributed by atoms with E-state index < -0.39 is 11.9 Å². The molecule has 0 saturated carbocycles. The van der Waals surface area contributed by atoms with Gasteiger partial charge in [0, 0.05) is 6.20 Å². The van der Waals surface area contributed by atoms with Crippen LogP contribution >= 0.6 is 0 Å². The number of nitrogens with zero attached hydrogens (tertiary/aromatic N) is 2. The average molecular weight is 167 g/mol. The first-order valence-corrected chi connectivity index (χ1v) is 3.43. The van der Waals surface area contributed by atoms with E-state index in [2.05, 4.69) is 4.98 Å². The number of carbonyl (C=O) groups is 2. The van der Waals surface area contributed by atoms with Crippen LogP contribution in [0.3, 0.4) is 0 Å². The number of hydrogen-bond acceptors (Lipinski definition) is 3. The second kappa shape index (κ2) is 3.17. The number of imidazole rings is 1. The Kier molecular flexibility index (Phi) is 2.23. The third kappa shape index (κ3) is 1.50. The normalized spacial score (nSPS) is 12.4. The Bertz CT molecular complexity index is 305. The lowest BCUT2D eigenvalue weighted by Crippen LogP contribution is -2.22. The summed E-state index contributed by atoms with van der Waals surface area (Å²) < 4.78 is 1.49. The Morgan fingerprint density at radius 2 is 2.50 bits per heavy atom. The molecule has 1 aromatic heterocycles. The molecule has 5 heteroatoms. The van der Waals surface area contributed by atoms with E-state index in [9.17, 15) is 9.59 Å². The van der Waals surface area contributed by atoms with Gasteiger partial charge in [-0.2, -0.15) is 0 Å². The minimum absolute atomic E-state index is 0.295. The van der Waals surface area contributed by atoms with Crippen LogP contribution in [0.4, 0.5) is 0 Å². The van der Waals surface area contributed by atoms with Gasteiger partial charge >= 0.3 is 0 Å². The number of amides is 1. The van der Waals surface area contributed by atoms with Crippen LogP contribution in [0, 0.1) is 0 Å². The van der Waals surface area contributed by atoms with Crippen molar-refractivity contribution in [3.8, 4) is 0 Å². The molecule has 12 heavy (non-hydrogen) atoms. The molecule has 1 rings (SSSR count). The Morgan fingerprint density at radius 3 is 2.92 bits per heavy atom. The highest BCUT2D eigenvalue weighted by molar-refractivity contribution is 5.78. The molecular weight excluding hydrogens is 158 g/mol. The lowest BCUT2D eigenvalue weighted by Gasteiger charge is -2.06. The van der Waals surface area contributed by atoms with Gasteiger partial charge in [0.25, 0.3) is 0 Å². The van der Waals surface area contributed by atoms with Crippen LogP contribution in [0.25, 0.3) is 0 Å². The Labute approximate surface area is 69.2 Å². The molecule has 1 heterocycles. The summed E-state index contributed by atoms with van der Waals surface area (Å²) in [4.78, 5) is 24.6. The quantitative estimate of drug-likeness (QED) is 0.630. The molecular formula is C7H9N3O2. The van der Waals surface area contributed by atoms with Gasteiger partial charge < -0.3 is 10.3 Å². The summed E-state index contributed by atoms with van der Waals surface area (Å²) in [6.45, 7) is 1.64. The van der Waals surface area contributed by atoms with Crippen LogP contribution in [-0.4, -0.2) is 21.7 Å². The molecule has 0 aromatic carbocycles. The fraction of sp³-hybridized carbons (Fsp3) is 0.286. The Balaban J connectivity index is 2.88. The molecule has 0 spiro atoms. The number of aldehydes is 1. The van der Waals surface area contributed by atoms with Crippen molar-refractivity contribution in [2.24, 2.45) is 5.73 Å². The van der Waals surface area contributed by atoms with Gasteiger partial charge in [0.2, 0.25) is 5.91 Å². The molecule has 0 aliphatic rings. The van der Waals surface area contributed by atoms with Crippen LogP contribution < -0.4 is 5.73 Å². The molecule has 2 N–H and O–H groups in total. The Hall–Kier alpha value is -1.65. The zero-order valence-corrected chi connectivity index (χ0v) is 6.60. The van der Waals surface area contributed by atoms with E-state index in [4.69, 9.17) is 5.73 Å². The van der Waals surface area contributed by atoms with Gasteiger partial charge in [-0.15, -0.1) is 0 Å². The highest BCUT2D eigenvalue weighted by Crippen LogP contribution is 2.04. The summed E-state index contributed by atoms with van der Waals surface area (Å²) in [5, 5.41) is 0. The minimum Gasteiger partial charge on any atom is -0.368 e. The van der Waals surface area contributed by atoms with E-state index >= 15 is 0 Å². The minimum atomic E-state index is -0.466. The van der Waals surface area contributed by atoms with Crippen LogP contribution in [-0.2, 0) is 4.79 Å². The van der Waals surface area contributed by atoms with Crippen LogP contribution in [0.2, 0.25) is 0 Å². The molecule has 1 unspecified atom stereocenters. The zero-order valence-electron chi connectivity index (χ0n) is 6.60. The maximum absolute atomic E-state index is 10.7. The maximum Gasteiger partial charge on any atom is 0.240 e. The van der Waals surface area contributed by atoms with Crippen molar-refractivity contribution < 1.29 is 9.59 Å². The highest BCUT2D eigenvalue weighted by atomic mass is 16.1. The van der Waals surface area contributed by atoms with E-state index in [-0.39, 0.29) is 0 Å². The largest absolute Gasteiger partial charge is 0.368 e. The van der Waals surface area contributed by atoms with E-state index in [1.165, 1.54) is 17.1 Å². The molecule has 0 aliphatic heterocycles. The summed E-state index contributed by atoms with van der Waals surface area (Å²) in [5.41, 5.74) is 5.34. The summed E-state index contributed by atoms with van der Waals surface area (Å²) in [7, 11) is 0. The summed E-state index contributed by atoms with van der Waals surface area (Å²) in [5.74, 6) is -0.454. The van der Waals surface area contributed by atoms with Crippen molar-refractivity contribution in [1.29, 1.82) is 0 Å². The maximum atomic E-state index is 10.7. The van der Waals surface area contributed by atoms with E-state index in [1.807, 2.05) is 0 Å². The molecule has 1 amide bonds. The fourth-order valence-corrected chi connectivity index (χ4v) is 0.772. The molecule has 0 radical (unpaired) electrons. The van der Waals surface area contributed by atoms with E-state index in [0.717, 1.165) is 0 Å². The smallest absolute Gasteiger partial charge is 0.240 e. The van der Waals surface area contributed by atoms with E-state index in [1.54, 1.807) is 6.92 Å². The summed E-state index contributed by atoms with van der Waals surface area (Å²) in [6.07, 6.45) is 3.49. The average Bonchev–Trinajstić information content (AvgIpc) is 2.50. The van der Waals surface area contributed by atoms with Gasteiger partial charge in [-0.05, 0) is 6.92 Å². The topological polar surface area (TPSA) is 78.0 Å². The number of aromatic nitrogens is 2.